The minimum absolute atomic E-state index is 0.645. The normalized spacial score (nSPS) is 56.5. The van der Waals surface area contributed by atoms with Crippen molar-refractivity contribution in [3.05, 3.63) is 0 Å². The first-order valence-corrected chi connectivity index (χ1v) is 5.58. The summed E-state index contributed by atoms with van der Waals surface area (Å²) in [6.07, 6.45) is 4.07. The van der Waals surface area contributed by atoms with Gasteiger partial charge in [-0.3, -0.25) is 0 Å². The van der Waals surface area contributed by atoms with E-state index in [0.29, 0.717) is 10.5 Å². The van der Waals surface area contributed by atoms with Gasteiger partial charge in [0.2, 0.25) is 0 Å². The lowest BCUT2D eigenvalue weighted by Gasteiger charge is -2.49. The minimum Gasteiger partial charge on any atom is -0.176 e. The number of hydrogen-bond acceptors (Lipinski definition) is 2. The maximum absolute atomic E-state index is 4.60. The van der Waals surface area contributed by atoms with Crippen molar-refractivity contribution in [3.63, 3.8) is 0 Å². The van der Waals surface area contributed by atoms with Crippen molar-refractivity contribution in [2.75, 3.05) is 0 Å². The first-order valence-electron chi connectivity index (χ1n) is 4.54. The molecule has 0 spiro atoms. The van der Waals surface area contributed by atoms with E-state index in [1.54, 1.807) is 0 Å². The Morgan fingerprint density at radius 1 is 1.00 bits per heavy atom. The van der Waals surface area contributed by atoms with Gasteiger partial charge >= 0.3 is 0 Å². The highest BCUT2D eigenvalue weighted by Crippen LogP contribution is 2.50. The highest BCUT2D eigenvalue weighted by Gasteiger charge is 2.44. The van der Waals surface area contributed by atoms with Crippen LogP contribution in [-0.2, 0) is 0 Å². The van der Waals surface area contributed by atoms with Crippen LogP contribution in [-0.4, -0.2) is 10.5 Å². The second-order valence-corrected chi connectivity index (χ2v) is 5.57. The second kappa shape index (κ2) is 2.88. The molecule has 2 saturated carbocycles. The molecule has 2 aliphatic carbocycles. The van der Waals surface area contributed by atoms with E-state index in [0.717, 1.165) is 17.8 Å². The van der Waals surface area contributed by atoms with Crippen LogP contribution < -0.4 is 0 Å². The summed E-state index contributed by atoms with van der Waals surface area (Å²) in [5, 5.41) is 1.34. The quantitative estimate of drug-likeness (QED) is 0.537. The minimum atomic E-state index is 0.645. The molecule has 11 heavy (non-hydrogen) atoms. The molecular weight excluding hydrogens is 172 g/mol. The molecule has 0 aromatic rings. The van der Waals surface area contributed by atoms with Crippen LogP contribution in [0.2, 0.25) is 0 Å². The third-order valence-corrected chi connectivity index (χ3v) is 4.80. The predicted octanol–water partition coefficient (Wildman–Crippen LogP) is 2.65. The maximum atomic E-state index is 4.60. The van der Waals surface area contributed by atoms with E-state index in [1.165, 1.54) is 19.3 Å². The van der Waals surface area contributed by atoms with Gasteiger partial charge in [0.05, 0.1) is 0 Å². The van der Waals surface area contributed by atoms with Crippen molar-refractivity contribution in [3.8, 4) is 0 Å². The first kappa shape index (κ1) is 8.31. The molecule has 0 saturated heterocycles. The van der Waals surface area contributed by atoms with E-state index in [2.05, 4.69) is 32.2 Å². The fraction of sp³-hybridized carbons (Fsp3) is 1.00. The lowest BCUT2D eigenvalue weighted by molar-refractivity contribution is 0.101. The van der Waals surface area contributed by atoms with Gasteiger partial charge in [-0.15, -0.1) is 0 Å². The predicted molar refractivity (Wildman–Crippen MR) is 55.5 cm³/mol. The molecule has 0 bridgehead atoms. The zero-order valence-electron chi connectivity index (χ0n) is 6.90. The van der Waals surface area contributed by atoms with E-state index >= 15 is 0 Å². The van der Waals surface area contributed by atoms with Gasteiger partial charge in [0.15, 0.2) is 0 Å². The maximum Gasteiger partial charge on any atom is 0.00508 e. The summed E-state index contributed by atoms with van der Waals surface area (Å²) in [5.41, 5.74) is 0. The summed E-state index contributed by atoms with van der Waals surface area (Å²) in [6.45, 7) is 2.33. The highest BCUT2D eigenvalue weighted by atomic mass is 32.1. The van der Waals surface area contributed by atoms with Crippen LogP contribution in [0, 0.1) is 17.8 Å². The Balaban J connectivity index is 1.98. The molecule has 0 radical (unpaired) electrons. The smallest absolute Gasteiger partial charge is 0.00508 e. The topological polar surface area (TPSA) is 0 Å². The Kier molecular flexibility index (Phi) is 2.17. The highest BCUT2D eigenvalue weighted by molar-refractivity contribution is 7.81. The lowest BCUT2D eigenvalue weighted by atomic mass is 9.62. The molecule has 2 fully saturated rings. The molecule has 0 heterocycles. The summed E-state index contributed by atoms with van der Waals surface area (Å²) in [6, 6.07) is 0. The molecule has 0 amide bonds. The summed E-state index contributed by atoms with van der Waals surface area (Å²) in [4.78, 5) is 0. The van der Waals surface area contributed by atoms with E-state index in [4.69, 9.17) is 0 Å². The molecule has 0 N–H and O–H groups in total. The van der Waals surface area contributed by atoms with E-state index in [-0.39, 0.29) is 0 Å². The number of hydrogen-bond donors (Lipinski definition) is 2. The summed E-state index contributed by atoms with van der Waals surface area (Å²) in [5.74, 6) is 2.73. The molecule has 5 unspecified atom stereocenters. The summed E-state index contributed by atoms with van der Waals surface area (Å²) >= 11 is 9.14. The van der Waals surface area contributed by atoms with E-state index in [9.17, 15) is 0 Å². The van der Waals surface area contributed by atoms with Gasteiger partial charge in [-0.05, 0) is 37.0 Å². The molecule has 0 nitrogen and oxygen atoms in total. The Bertz CT molecular complexity index is 158. The van der Waals surface area contributed by atoms with Gasteiger partial charge in [-0.25, -0.2) is 0 Å². The molecule has 2 heteroatoms. The van der Waals surface area contributed by atoms with Crippen LogP contribution in [0.15, 0.2) is 0 Å². The summed E-state index contributed by atoms with van der Waals surface area (Å²) < 4.78 is 0. The lowest BCUT2D eigenvalue weighted by Crippen LogP contribution is -2.45. The summed E-state index contributed by atoms with van der Waals surface area (Å²) in [7, 11) is 0. The average molecular weight is 188 g/mol. The molecule has 0 aromatic heterocycles. The van der Waals surface area contributed by atoms with E-state index < -0.39 is 0 Å². The Labute approximate surface area is 80.0 Å². The van der Waals surface area contributed by atoms with Gasteiger partial charge in [-0.2, -0.15) is 25.3 Å². The zero-order valence-corrected chi connectivity index (χ0v) is 8.69. The van der Waals surface area contributed by atoms with Crippen molar-refractivity contribution in [2.45, 2.75) is 36.7 Å². The third-order valence-electron chi connectivity index (χ3n) is 3.49. The Hall–Kier alpha value is 0.700. The number of thiol groups is 2. The zero-order chi connectivity index (χ0) is 8.01. The average Bonchev–Trinajstić information content (AvgIpc) is 1.97. The second-order valence-electron chi connectivity index (χ2n) is 4.24. The van der Waals surface area contributed by atoms with Gasteiger partial charge in [0, 0.05) is 10.5 Å². The molecule has 0 aromatic carbocycles. The van der Waals surface area contributed by atoms with Crippen LogP contribution in [0.1, 0.15) is 26.2 Å². The fourth-order valence-electron chi connectivity index (χ4n) is 2.54. The number of rotatable bonds is 0. The van der Waals surface area contributed by atoms with Crippen LogP contribution >= 0.6 is 25.3 Å². The third kappa shape index (κ3) is 1.33. The van der Waals surface area contributed by atoms with Crippen molar-refractivity contribution < 1.29 is 0 Å². The van der Waals surface area contributed by atoms with Crippen LogP contribution in [0.4, 0.5) is 0 Å². The standard InChI is InChI=1S/C9H16S2/c1-5-2-6-3-9(11)7(6)4-8(5)10/h5-11H,2-4H2,1H3. The first-order chi connectivity index (χ1) is 5.18. The monoisotopic (exact) mass is 188 g/mol. The molecule has 64 valence electrons. The molecule has 2 rings (SSSR count). The number of fused-ring (bicyclic) bond motifs is 1. The van der Waals surface area contributed by atoms with Crippen molar-refractivity contribution >= 4 is 25.3 Å². The SMILES string of the molecule is CC1CC2CC(S)C2CC1S. The van der Waals surface area contributed by atoms with Gasteiger partial charge < -0.3 is 0 Å². The van der Waals surface area contributed by atoms with Gasteiger partial charge in [0.25, 0.3) is 0 Å². The van der Waals surface area contributed by atoms with Crippen LogP contribution in [0.25, 0.3) is 0 Å². The largest absolute Gasteiger partial charge is 0.176 e. The van der Waals surface area contributed by atoms with Crippen molar-refractivity contribution in [2.24, 2.45) is 17.8 Å². The van der Waals surface area contributed by atoms with Crippen LogP contribution in [0.3, 0.4) is 0 Å². The van der Waals surface area contributed by atoms with Crippen molar-refractivity contribution in [1.29, 1.82) is 0 Å². The Morgan fingerprint density at radius 2 is 1.73 bits per heavy atom. The van der Waals surface area contributed by atoms with Gasteiger partial charge in [-0.1, -0.05) is 6.92 Å². The molecule has 5 atom stereocenters. The fourth-order valence-corrected chi connectivity index (χ4v) is 3.55. The van der Waals surface area contributed by atoms with Crippen molar-refractivity contribution in [1.82, 2.24) is 0 Å². The van der Waals surface area contributed by atoms with E-state index in [1.807, 2.05) is 0 Å². The molecule has 2 aliphatic rings. The molecule has 0 aliphatic heterocycles. The van der Waals surface area contributed by atoms with Crippen LogP contribution in [0.5, 0.6) is 0 Å². The Morgan fingerprint density at radius 3 is 2.36 bits per heavy atom. The molecular formula is C9H16S2. The van der Waals surface area contributed by atoms with Gasteiger partial charge in [0.1, 0.15) is 0 Å².